The second-order valence-corrected chi connectivity index (χ2v) is 6.14. The maximum atomic E-state index is 12.5. The van der Waals surface area contributed by atoms with Crippen LogP contribution in [-0.2, 0) is 20.2 Å². The molecule has 0 saturated heterocycles. The van der Waals surface area contributed by atoms with Gasteiger partial charge in [0.25, 0.3) is 5.91 Å². The van der Waals surface area contributed by atoms with Gasteiger partial charge in [0, 0.05) is 12.6 Å². The highest BCUT2D eigenvalue weighted by Crippen LogP contribution is 2.17. The lowest BCUT2D eigenvalue weighted by atomic mass is 10.2. The van der Waals surface area contributed by atoms with Gasteiger partial charge in [0.15, 0.2) is 5.76 Å². The van der Waals surface area contributed by atoms with Crippen LogP contribution in [-0.4, -0.2) is 15.5 Å². The van der Waals surface area contributed by atoms with E-state index in [0.29, 0.717) is 12.1 Å². The van der Waals surface area contributed by atoms with Gasteiger partial charge in [-0.25, -0.2) is 4.98 Å². The zero-order chi connectivity index (χ0) is 18.6. The van der Waals surface area contributed by atoms with Gasteiger partial charge < -0.3 is 19.0 Å². The zero-order valence-electron chi connectivity index (χ0n) is 14.9. The Morgan fingerprint density at radius 2 is 1.89 bits per heavy atom. The van der Waals surface area contributed by atoms with Crippen molar-refractivity contribution in [2.45, 2.75) is 13.2 Å². The molecule has 2 aromatic carbocycles. The van der Waals surface area contributed by atoms with E-state index in [1.54, 1.807) is 6.07 Å². The number of nitrogens with zero attached hydrogens (tertiary/aromatic N) is 2. The first-order valence-electron chi connectivity index (χ1n) is 8.65. The average molecular weight is 361 g/mol. The highest BCUT2D eigenvalue weighted by Gasteiger charge is 2.17. The van der Waals surface area contributed by atoms with Crippen molar-refractivity contribution in [2.75, 3.05) is 0 Å². The number of hydrogen-bond donors (Lipinski definition) is 1. The van der Waals surface area contributed by atoms with Crippen LogP contribution in [0.2, 0.25) is 0 Å². The summed E-state index contributed by atoms with van der Waals surface area (Å²) in [6.45, 7) is 0.569. The monoisotopic (exact) mass is 361 g/mol. The summed E-state index contributed by atoms with van der Waals surface area (Å²) in [4.78, 5) is 17.1. The predicted molar refractivity (Wildman–Crippen MR) is 101 cm³/mol. The van der Waals surface area contributed by atoms with Crippen LogP contribution in [0.15, 0.2) is 71.3 Å². The first-order chi connectivity index (χ1) is 13.2. The van der Waals surface area contributed by atoms with E-state index in [9.17, 15) is 4.79 Å². The number of ether oxygens (including phenoxy) is 1. The van der Waals surface area contributed by atoms with Gasteiger partial charge in [-0.3, -0.25) is 4.79 Å². The lowest BCUT2D eigenvalue weighted by molar-refractivity contribution is 0.0918. The van der Waals surface area contributed by atoms with Crippen LogP contribution in [0.5, 0.6) is 5.75 Å². The fourth-order valence-electron chi connectivity index (χ4n) is 2.92. The fourth-order valence-corrected chi connectivity index (χ4v) is 2.92. The van der Waals surface area contributed by atoms with Crippen LogP contribution < -0.4 is 10.1 Å². The summed E-state index contributed by atoms with van der Waals surface area (Å²) >= 11 is 0. The van der Waals surface area contributed by atoms with Gasteiger partial charge in [-0.15, -0.1) is 0 Å². The Kier molecular flexibility index (Phi) is 4.61. The molecule has 0 unspecified atom stereocenters. The molecule has 6 nitrogen and oxygen atoms in total. The minimum absolute atomic E-state index is 0.254. The summed E-state index contributed by atoms with van der Waals surface area (Å²) in [6, 6.07) is 19.1. The van der Waals surface area contributed by atoms with Crippen molar-refractivity contribution in [3.05, 3.63) is 84.1 Å². The summed E-state index contributed by atoms with van der Waals surface area (Å²) in [5.41, 5.74) is 2.62. The van der Waals surface area contributed by atoms with Gasteiger partial charge in [-0.05, 0) is 30.3 Å². The number of nitrogens with one attached hydrogen (secondary N) is 1. The highest BCUT2D eigenvalue weighted by molar-refractivity contribution is 5.92. The van der Waals surface area contributed by atoms with Crippen LogP contribution in [0.3, 0.4) is 0 Å². The third-order valence-corrected chi connectivity index (χ3v) is 4.38. The van der Waals surface area contributed by atoms with Crippen LogP contribution >= 0.6 is 0 Å². The highest BCUT2D eigenvalue weighted by atomic mass is 16.5. The number of carbonyl (C=O) groups is 1. The van der Waals surface area contributed by atoms with Crippen molar-refractivity contribution in [3.63, 3.8) is 0 Å². The molecule has 0 spiro atoms. The first-order valence-corrected chi connectivity index (χ1v) is 8.65. The molecule has 1 N–H and O–H groups in total. The van der Waals surface area contributed by atoms with Crippen LogP contribution in [0.4, 0.5) is 0 Å². The SMILES string of the molecule is Cn1c(CNC(=O)c2occc2COc2ccccc2)nc2ccccc21. The van der Waals surface area contributed by atoms with Crippen molar-refractivity contribution in [2.24, 2.45) is 7.05 Å². The predicted octanol–water partition coefficient (Wildman–Crippen LogP) is 3.68. The largest absolute Gasteiger partial charge is 0.489 e. The van der Waals surface area contributed by atoms with Gasteiger partial charge in [-0.1, -0.05) is 30.3 Å². The molecule has 0 aliphatic carbocycles. The number of aromatic nitrogens is 2. The number of aryl methyl sites for hydroxylation is 1. The molecule has 2 aromatic heterocycles. The van der Waals surface area contributed by atoms with E-state index in [1.807, 2.05) is 66.2 Å². The summed E-state index contributed by atoms with van der Waals surface area (Å²) in [7, 11) is 1.93. The van der Waals surface area contributed by atoms with Crippen molar-refractivity contribution >= 4 is 16.9 Å². The number of hydrogen-bond acceptors (Lipinski definition) is 4. The molecule has 0 radical (unpaired) electrons. The van der Waals surface area contributed by atoms with Crippen molar-refractivity contribution < 1.29 is 13.9 Å². The molecule has 0 aliphatic rings. The minimum atomic E-state index is -0.293. The lowest BCUT2D eigenvalue weighted by Gasteiger charge is -2.07. The Morgan fingerprint density at radius 1 is 1.11 bits per heavy atom. The molecule has 0 saturated carbocycles. The maximum absolute atomic E-state index is 12.5. The van der Waals surface area contributed by atoms with Gasteiger partial charge >= 0.3 is 0 Å². The van der Waals surface area contributed by atoms with Gasteiger partial charge in [0.05, 0.1) is 23.8 Å². The van der Waals surface area contributed by atoms with Crippen molar-refractivity contribution in [1.82, 2.24) is 14.9 Å². The number of para-hydroxylation sites is 3. The molecule has 136 valence electrons. The van der Waals surface area contributed by atoms with Crippen LogP contribution in [0.25, 0.3) is 11.0 Å². The van der Waals surface area contributed by atoms with E-state index in [1.165, 1.54) is 6.26 Å². The standard InChI is InChI=1S/C21H19N3O3/c1-24-18-10-6-5-9-17(18)23-19(24)13-22-21(25)20-15(11-12-26-20)14-27-16-7-3-2-4-8-16/h2-12H,13-14H2,1H3,(H,22,25). The summed E-state index contributed by atoms with van der Waals surface area (Å²) in [5, 5.41) is 2.87. The Labute approximate surface area is 156 Å². The quantitative estimate of drug-likeness (QED) is 0.569. The number of furan rings is 1. The third kappa shape index (κ3) is 3.55. The van der Waals surface area contributed by atoms with Gasteiger partial charge in [0.1, 0.15) is 18.2 Å². The lowest BCUT2D eigenvalue weighted by Crippen LogP contribution is -2.25. The Balaban J connectivity index is 1.43. The average Bonchev–Trinajstić information content (AvgIpc) is 3.30. The van der Waals surface area contributed by atoms with Crippen LogP contribution in [0, 0.1) is 0 Å². The summed E-state index contributed by atoms with van der Waals surface area (Å²) < 4.78 is 13.0. The second kappa shape index (κ2) is 7.37. The molecule has 2 heterocycles. The van der Waals surface area contributed by atoms with E-state index in [4.69, 9.17) is 9.15 Å². The topological polar surface area (TPSA) is 69.3 Å². The molecule has 0 atom stereocenters. The molecule has 27 heavy (non-hydrogen) atoms. The Hall–Kier alpha value is -3.54. The molecule has 0 fully saturated rings. The molecule has 0 aliphatic heterocycles. The Bertz CT molecular complexity index is 1070. The number of rotatable bonds is 6. The molecule has 6 heteroatoms. The van der Waals surface area contributed by atoms with E-state index < -0.39 is 0 Å². The number of fused-ring (bicyclic) bond motifs is 1. The van der Waals surface area contributed by atoms with Gasteiger partial charge in [-0.2, -0.15) is 0 Å². The van der Waals surface area contributed by atoms with E-state index in [2.05, 4.69) is 10.3 Å². The molecule has 0 bridgehead atoms. The van der Waals surface area contributed by atoms with Crippen molar-refractivity contribution in [1.29, 1.82) is 0 Å². The van der Waals surface area contributed by atoms with Gasteiger partial charge in [0.2, 0.25) is 0 Å². The Morgan fingerprint density at radius 3 is 2.70 bits per heavy atom. The minimum Gasteiger partial charge on any atom is -0.489 e. The molecule has 4 aromatic rings. The maximum Gasteiger partial charge on any atom is 0.287 e. The number of benzene rings is 2. The van der Waals surface area contributed by atoms with Crippen molar-refractivity contribution in [3.8, 4) is 5.75 Å². The molecule has 4 rings (SSSR count). The number of imidazole rings is 1. The van der Waals surface area contributed by atoms with E-state index >= 15 is 0 Å². The normalized spacial score (nSPS) is 10.9. The fraction of sp³-hybridized carbons (Fsp3) is 0.143. The van der Waals surface area contributed by atoms with E-state index in [0.717, 1.165) is 22.6 Å². The molecular weight excluding hydrogens is 342 g/mol. The second-order valence-electron chi connectivity index (χ2n) is 6.14. The zero-order valence-corrected chi connectivity index (χ0v) is 14.9. The summed E-state index contributed by atoms with van der Waals surface area (Å²) in [5.74, 6) is 1.48. The first kappa shape index (κ1) is 16.9. The molecular formula is C21H19N3O3. The summed E-state index contributed by atoms with van der Waals surface area (Å²) in [6.07, 6.45) is 1.49. The van der Waals surface area contributed by atoms with Crippen LogP contribution in [0.1, 0.15) is 21.9 Å². The number of carbonyl (C=O) groups excluding carboxylic acids is 1. The van der Waals surface area contributed by atoms with E-state index in [-0.39, 0.29) is 18.3 Å². The smallest absolute Gasteiger partial charge is 0.287 e. The third-order valence-electron chi connectivity index (χ3n) is 4.38. The number of amides is 1. The molecule has 1 amide bonds.